The van der Waals surface area contributed by atoms with Crippen molar-refractivity contribution in [3.05, 3.63) is 91.4 Å². The van der Waals surface area contributed by atoms with Crippen LogP contribution in [0.4, 0.5) is 5.69 Å². The monoisotopic (exact) mass is 649 g/mol. The van der Waals surface area contributed by atoms with Gasteiger partial charge < -0.3 is 5.11 Å². The van der Waals surface area contributed by atoms with E-state index < -0.39 is 23.7 Å². The van der Waals surface area contributed by atoms with Crippen LogP contribution in [0.3, 0.4) is 0 Å². The number of fused-ring (bicyclic) bond motifs is 3. The number of hydrogen-bond acceptors (Lipinski definition) is 6. The lowest BCUT2D eigenvalue weighted by molar-refractivity contribution is -0.123. The molecule has 0 aromatic heterocycles. The van der Waals surface area contributed by atoms with E-state index in [1.807, 2.05) is 6.08 Å². The van der Waals surface area contributed by atoms with Crippen LogP contribution in [0.2, 0.25) is 0 Å². The molecule has 39 heavy (non-hydrogen) atoms. The molecule has 2 aromatic rings. The first-order valence-electron chi connectivity index (χ1n) is 12.4. The van der Waals surface area contributed by atoms with Crippen molar-refractivity contribution in [2.75, 3.05) is 4.90 Å². The van der Waals surface area contributed by atoms with E-state index in [0.29, 0.717) is 38.9 Å². The summed E-state index contributed by atoms with van der Waals surface area (Å²) in [5.74, 6) is -4.13. The molecule has 1 fully saturated rings. The van der Waals surface area contributed by atoms with Crippen LogP contribution < -0.4 is 4.90 Å². The Labute approximate surface area is 240 Å². The maximum Gasteiger partial charge on any atom is 0.238 e. The fraction of sp³-hybridized carbons (Fsp3) is 0.233. The number of phenols is 1. The van der Waals surface area contributed by atoms with Gasteiger partial charge in [0, 0.05) is 38.7 Å². The van der Waals surface area contributed by atoms with Crippen LogP contribution >= 0.6 is 31.9 Å². The molecule has 196 valence electrons. The average molecular weight is 651 g/mol. The lowest BCUT2D eigenvalue weighted by Crippen LogP contribution is -2.39. The van der Waals surface area contributed by atoms with E-state index in [2.05, 4.69) is 31.9 Å². The summed E-state index contributed by atoms with van der Waals surface area (Å²) < 4.78 is 0.830. The predicted octanol–water partition coefficient (Wildman–Crippen LogP) is 5.32. The highest BCUT2D eigenvalue weighted by Gasteiger charge is 2.56. The normalized spacial score (nSPS) is 26.2. The third-order valence-electron chi connectivity index (χ3n) is 8.16. The minimum atomic E-state index is -0.739. The first kappa shape index (κ1) is 25.8. The van der Waals surface area contributed by atoms with Crippen molar-refractivity contribution in [1.29, 1.82) is 0 Å². The first-order valence-corrected chi connectivity index (χ1v) is 14.0. The van der Waals surface area contributed by atoms with Gasteiger partial charge in [0.25, 0.3) is 0 Å². The molecule has 0 saturated carbocycles. The molecule has 1 aliphatic heterocycles. The van der Waals surface area contributed by atoms with E-state index in [1.54, 1.807) is 36.4 Å². The van der Waals surface area contributed by atoms with Crippen molar-refractivity contribution < 1.29 is 29.1 Å². The van der Waals surface area contributed by atoms with Gasteiger partial charge in [-0.1, -0.05) is 27.6 Å². The third kappa shape index (κ3) is 3.93. The van der Waals surface area contributed by atoms with Crippen LogP contribution in [0.15, 0.2) is 80.3 Å². The molecule has 1 heterocycles. The summed E-state index contributed by atoms with van der Waals surface area (Å²) in [7, 11) is 0. The van der Waals surface area contributed by atoms with Crippen molar-refractivity contribution in [2.24, 2.45) is 17.8 Å². The van der Waals surface area contributed by atoms with Crippen LogP contribution in [0, 0.1) is 17.8 Å². The molecule has 7 nitrogen and oxygen atoms in total. The number of aromatic hydroxyl groups is 1. The number of halogens is 2. The molecular weight excluding hydrogens is 630 g/mol. The number of amides is 2. The van der Waals surface area contributed by atoms with E-state index in [9.17, 15) is 29.1 Å². The van der Waals surface area contributed by atoms with Crippen molar-refractivity contribution >= 4 is 66.7 Å². The van der Waals surface area contributed by atoms with Crippen molar-refractivity contribution in [2.45, 2.75) is 25.7 Å². The van der Waals surface area contributed by atoms with Gasteiger partial charge in [-0.15, -0.1) is 0 Å². The van der Waals surface area contributed by atoms with Crippen LogP contribution in [-0.4, -0.2) is 34.3 Å². The molecule has 0 spiro atoms. The van der Waals surface area contributed by atoms with Crippen molar-refractivity contribution in [3.8, 4) is 5.75 Å². The molecule has 4 unspecified atom stereocenters. The second-order valence-corrected chi connectivity index (χ2v) is 12.0. The maximum atomic E-state index is 13.9. The van der Waals surface area contributed by atoms with E-state index in [0.717, 1.165) is 5.57 Å². The van der Waals surface area contributed by atoms with E-state index in [-0.39, 0.29) is 45.8 Å². The Morgan fingerprint density at radius 3 is 2.38 bits per heavy atom. The molecule has 4 aliphatic rings. The van der Waals surface area contributed by atoms with Gasteiger partial charge in [0.15, 0.2) is 17.3 Å². The quantitative estimate of drug-likeness (QED) is 0.208. The molecule has 9 heteroatoms. The maximum absolute atomic E-state index is 13.9. The summed E-state index contributed by atoms with van der Waals surface area (Å²) in [6, 6.07) is 11.3. The van der Waals surface area contributed by atoms with E-state index >= 15 is 0 Å². The Kier molecular flexibility index (Phi) is 6.19. The molecule has 6 rings (SSSR count). The van der Waals surface area contributed by atoms with Gasteiger partial charge in [-0.05, 0) is 84.1 Å². The second-order valence-electron chi connectivity index (χ2n) is 10.2. The number of ketones is 3. The van der Waals surface area contributed by atoms with Gasteiger partial charge in [0.1, 0.15) is 5.75 Å². The number of carbonyl (C=O) groups is 5. The summed E-state index contributed by atoms with van der Waals surface area (Å²) in [6.07, 6.45) is 3.58. The summed E-state index contributed by atoms with van der Waals surface area (Å²) in [4.78, 5) is 67.0. The number of Topliss-reactive ketones (excluding diaryl/α,β-unsaturated/α-hetero) is 2. The minimum absolute atomic E-state index is 0.0337. The molecule has 0 bridgehead atoms. The average Bonchev–Trinajstić information content (AvgIpc) is 3.17. The number of allylic oxidation sites excluding steroid dienone is 6. The van der Waals surface area contributed by atoms with E-state index in [4.69, 9.17) is 0 Å². The molecular formula is C30H21Br2NO6. The molecule has 1 N–H and O–H groups in total. The third-order valence-corrected chi connectivity index (χ3v) is 9.25. The Morgan fingerprint density at radius 2 is 1.69 bits per heavy atom. The van der Waals surface area contributed by atoms with Crippen LogP contribution in [0.5, 0.6) is 5.75 Å². The van der Waals surface area contributed by atoms with Crippen LogP contribution in [0.25, 0.3) is 0 Å². The number of hydrogen-bond donors (Lipinski definition) is 1. The Morgan fingerprint density at radius 1 is 0.974 bits per heavy atom. The Hall–Kier alpha value is -3.43. The number of phenolic OH excluding ortho intramolecular Hbond substituents is 1. The number of anilines is 1. The summed E-state index contributed by atoms with van der Waals surface area (Å²) in [5.41, 5.74) is 2.66. The fourth-order valence-corrected chi connectivity index (χ4v) is 7.24. The highest BCUT2D eigenvalue weighted by atomic mass is 79.9. The van der Waals surface area contributed by atoms with Crippen LogP contribution in [0.1, 0.15) is 41.6 Å². The van der Waals surface area contributed by atoms with E-state index in [1.165, 1.54) is 24.0 Å². The fourth-order valence-electron chi connectivity index (χ4n) is 6.42. The highest BCUT2D eigenvalue weighted by molar-refractivity contribution is 9.12. The number of rotatable bonds is 3. The molecule has 3 aliphatic carbocycles. The number of carbonyl (C=O) groups excluding carboxylic acids is 5. The molecule has 1 saturated heterocycles. The molecule has 2 amide bonds. The number of benzene rings is 2. The van der Waals surface area contributed by atoms with Gasteiger partial charge in [-0.2, -0.15) is 0 Å². The second kappa shape index (κ2) is 9.34. The largest absolute Gasteiger partial charge is 0.508 e. The lowest BCUT2D eigenvalue weighted by atomic mass is 9.59. The van der Waals surface area contributed by atoms with Gasteiger partial charge >= 0.3 is 0 Å². The van der Waals surface area contributed by atoms with Gasteiger partial charge in [0.05, 0.1) is 22.0 Å². The van der Waals surface area contributed by atoms with Gasteiger partial charge in [0.2, 0.25) is 11.8 Å². The number of nitrogens with zero attached hydrogens (tertiary/aromatic N) is 1. The van der Waals surface area contributed by atoms with Crippen molar-refractivity contribution in [1.82, 2.24) is 0 Å². The molecule has 0 radical (unpaired) electrons. The smallest absolute Gasteiger partial charge is 0.238 e. The summed E-state index contributed by atoms with van der Waals surface area (Å²) in [6.45, 7) is 1.44. The zero-order valence-corrected chi connectivity index (χ0v) is 23.8. The minimum Gasteiger partial charge on any atom is -0.508 e. The topological polar surface area (TPSA) is 109 Å². The molecule has 2 aromatic carbocycles. The summed E-state index contributed by atoms with van der Waals surface area (Å²) in [5, 5.41) is 10.9. The zero-order valence-electron chi connectivity index (χ0n) is 20.6. The van der Waals surface area contributed by atoms with Gasteiger partial charge in [-0.3, -0.25) is 28.9 Å². The number of imide groups is 1. The first-order chi connectivity index (χ1) is 18.6. The van der Waals surface area contributed by atoms with Gasteiger partial charge in [-0.25, -0.2) is 0 Å². The van der Waals surface area contributed by atoms with Crippen molar-refractivity contribution in [3.63, 3.8) is 0 Å². The zero-order chi connectivity index (χ0) is 27.7. The lowest BCUT2D eigenvalue weighted by Gasteiger charge is -2.42. The Bertz CT molecular complexity index is 1620. The standard InChI is InChI=1S/C30H21Br2NO6/c1-13(34)14-2-5-16(6-3-14)33-29(38)18-8-7-17-19(26(18)30(33)39)11-21-27(24(36)12-22(32)28(21)37)25(17)20-10-15(31)4-9-23(20)35/h2-7,9-10,12,18-19,25-26,35H,8,11H2,1H3. The Balaban J connectivity index is 1.47. The summed E-state index contributed by atoms with van der Waals surface area (Å²) >= 11 is 6.65. The highest BCUT2D eigenvalue weighted by Crippen LogP contribution is 2.56. The predicted molar refractivity (Wildman–Crippen MR) is 149 cm³/mol. The van der Waals surface area contributed by atoms with Crippen LogP contribution in [-0.2, 0) is 19.2 Å². The SMILES string of the molecule is CC(=O)c1ccc(N2C(=O)C3CC=C4C(c5cc(Br)ccc5O)C5=C(CC4C3C2=O)C(=O)C(Br)=CC5=O)cc1. The molecule has 4 atom stereocenters.